The molecule has 4 nitrogen and oxygen atoms in total. The number of rotatable bonds is 5. The molecule has 0 radical (unpaired) electrons. The quantitative estimate of drug-likeness (QED) is 0.209. The van der Waals surface area contributed by atoms with Crippen LogP contribution in [0.4, 0.5) is 42.9 Å². The van der Waals surface area contributed by atoms with Crippen LogP contribution >= 0.6 is 0 Å². The molecule has 57 heavy (non-hydrogen) atoms. The number of nitrogens with zero attached hydrogens (tertiary/aromatic N) is 2. The Morgan fingerprint density at radius 1 is 0.456 bits per heavy atom. The van der Waals surface area contributed by atoms with Crippen molar-refractivity contribution in [1.82, 2.24) is 0 Å². The molecule has 0 saturated carbocycles. The van der Waals surface area contributed by atoms with Gasteiger partial charge in [0, 0.05) is 39.6 Å². The predicted molar refractivity (Wildman–Crippen MR) is 236 cm³/mol. The van der Waals surface area contributed by atoms with Crippen molar-refractivity contribution in [1.29, 1.82) is 0 Å². The first-order chi connectivity index (χ1) is 27.4. The molecule has 278 valence electrons. The summed E-state index contributed by atoms with van der Waals surface area (Å²) in [4.78, 5) is 3.94. The maximum Gasteiger partial charge on any atom is 0.492 e. The number of fused-ring (bicyclic) bond motifs is 4. The van der Waals surface area contributed by atoms with Crippen molar-refractivity contribution >= 4 is 92.9 Å². The van der Waals surface area contributed by atoms with Gasteiger partial charge in [0.2, 0.25) is 13.4 Å². The average molecular weight is 748 g/mol. The van der Waals surface area contributed by atoms with Crippen molar-refractivity contribution in [2.75, 3.05) is 9.80 Å². The first-order valence-corrected chi connectivity index (χ1v) is 19.4. The van der Waals surface area contributed by atoms with Crippen LogP contribution in [-0.4, -0.2) is 30.6 Å². The highest BCUT2D eigenvalue weighted by atomic mass is 19.1. The van der Waals surface area contributed by atoms with Gasteiger partial charge in [-0.1, -0.05) is 123 Å². The zero-order valence-corrected chi connectivity index (χ0v) is 32.9. The van der Waals surface area contributed by atoms with Gasteiger partial charge in [0.05, 0.1) is 0 Å². The molecule has 2 N–H and O–H groups in total. The molecule has 0 bridgehead atoms. The molecule has 0 atom stereocenters. The molecule has 7 aromatic carbocycles. The molecule has 0 amide bonds. The summed E-state index contributed by atoms with van der Waals surface area (Å²) in [5.74, 6) is -0.807. The molecule has 2 aliphatic heterocycles. The van der Waals surface area contributed by atoms with Crippen molar-refractivity contribution < 1.29 is 18.8 Å². The largest absolute Gasteiger partial charge is 0.492 e. The summed E-state index contributed by atoms with van der Waals surface area (Å²) in [6, 6.07) is 40.2. The van der Waals surface area contributed by atoms with Gasteiger partial charge >= 0.3 is 7.12 Å². The Kier molecular flexibility index (Phi) is 8.99. The fraction of sp³-hybridized carbons (Fsp3) is 0.125. The van der Waals surface area contributed by atoms with E-state index in [2.05, 4.69) is 71.9 Å². The van der Waals surface area contributed by atoms with Gasteiger partial charge in [-0.25, -0.2) is 8.78 Å². The number of anilines is 6. The Labute approximate surface area is 334 Å². The summed E-state index contributed by atoms with van der Waals surface area (Å²) in [6.07, 6.45) is 0. The highest BCUT2D eigenvalue weighted by Gasteiger charge is 2.46. The number of hydrogen-bond acceptors (Lipinski definition) is 4. The van der Waals surface area contributed by atoms with Gasteiger partial charge in [0.25, 0.3) is 0 Å². The van der Waals surface area contributed by atoms with Crippen LogP contribution < -0.4 is 48.0 Å². The molecule has 0 spiro atoms. The van der Waals surface area contributed by atoms with Gasteiger partial charge in [-0.2, -0.15) is 0 Å². The zero-order valence-electron chi connectivity index (χ0n) is 32.9. The van der Waals surface area contributed by atoms with Crippen molar-refractivity contribution in [2.45, 2.75) is 41.5 Å². The lowest BCUT2D eigenvalue weighted by molar-refractivity contribution is 0.426. The van der Waals surface area contributed by atoms with Crippen LogP contribution in [0.5, 0.6) is 0 Å². The molecule has 7 aromatic rings. The highest BCUT2D eigenvalue weighted by Crippen LogP contribution is 2.41. The monoisotopic (exact) mass is 748 g/mol. The fourth-order valence-electron chi connectivity index (χ4n) is 10.0. The minimum absolute atomic E-state index is 0.250. The summed E-state index contributed by atoms with van der Waals surface area (Å²) in [7, 11) is -1.99. The number of para-hydroxylation sites is 2. The summed E-state index contributed by atoms with van der Waals surface area (Å²) in [6.45, 7) is 11.8. The normalized spacial score (nSPS) is 12.9. The second-order valence-corrected chi connectivity index (χ2v) is 15.8. The fourth-order valence-corrected chi connectivity index (χ4v) is 10.0. The molecule has 2 aliphatic rings. The molecule has 2 heterocycles. The lowest BCUT2D eigenvalue weighted by atomic mass is 9.30. The maximum atomic E-state index is 15.7. The molecule has 0 aliphatic carbocycles. The topological polar surface area (TPSA) is 46.9 Å². The van der Waals surface area contributed by atoms with Gasteiger partial charge in [0.15, 0.2) is 0 Å². The van der Waals surface area contributed by atoms with Gasteiger partial charge in [-0.15, -0.1) is 0 Å². The second-order valence-electron chi connectivity index (χ2n) is 15.8. The average Bonchev–Trinajstić information content (AvgIpc) is 3.16. The lowest BCUT2D eigenvalue weighted by Gasteiger charge is -2.44. The van der Waals surface area contributed by atoms with E-state index in [0.717, 1.165) is 77.5 Å². The van der Waals surface area contributed by atoms with E-state index in [1.807, 2.05) is 82.6 Å². The predicted octanol–water partition coefficient (Wildman–Crippen LogP) is 6.09. The van der Waals surface area contributed by atoms with Gasteiger partial charge in [0.1, 0.15) is 11.6 Å². The minimum Gasteiger partial charge on any atom is -0.423 e. The number of aryl methyl sites for hydroxylation is 6. The summed E-state index contributed by atoms with van der Waals surface area (Å²) in [5.41, 5.74) is 16.3. The molecule has 0 fully saturated rings. The van der Waals surface area contributed by atoms with E-state index in [1.165, 1.54) is 12.1 Å². The molecule has 0 saturated heterocycles. The van der Waals surface area contributed by atoms with Crippen LogP contribution in [0.25, 0.3) is 0 Å². The van der Waals surface area contributed by atoms with E-state index in [-0.39, 0.29) is 5.46 Å². The first-order valence-electron chi connectivity index (χ1n) is 19.4. The smallest absolute Gasteiger partial charge is 0.423 e. The lowest BCUT2D eigenvalue weighted by Crippen LogP contribution is -2.66. The van der Waals surface area contributed by atoms with Crippen molar-refractivity contribution in [3.63, 3.8) is 0 Å². The molecular formula is C48H41B3F2N2O2. The third-order valence-electron chi connectivity index (χ3n) is 11.9. The van der Waals surface area contributed by atoms with Gasteiger partial charge in [-0.3, -0.25) is 0 Å². The third kappa shape index (κ3) is 5.91. The standard InChI is InChI=1S/C48H41B3F2N2O2/c1-28-21-30(3)44(31(4)22-28)49-38-19-17-34(52)25-42(38)54(36-13-9-7-10-14-36)47-40(49)27-41-48(46(47)51(56)57)55(37-15-11-8-12-16-37)43-26-35(53)18-20-39(43)50(41)45-32(5)23-29(2)24-33(45)6/h7-27,56-57H,1-6H3. The van der Waals surface area contributed by atoms with Crippen LogP contribution in [0, 0.1) is 53.2 Å². The molecular weight excluding hydrogens is 707 g/mol. The Bertz CT molecular complexity index is 2520. The van der Waals surface area contributed by atoms with Crippen LogP contribution in [-0.2, 0) is 0 Å². The minimum atomic E-state index is -1.99. The molecule has 0 aromatic heterocycles. The number of hydrogen-bond donors (Lipinski definition) is 2. The van der Waals surface area contributed by atoms with Crippen molar-refractivity contribution in [2.24, 2.45) is 0 Å². The molecule has 9 rings (SSSR count). The van der Waals surface area contributed by atoms with Crippen LogP contribution in [0.15, 0.2) is 127 Å². The molecule has 0 unspecified atom stereocenters. The second kappa shape index (κ2) is 13.9. The third-order valence-corrected chi connectivity index (χ3v) is 11.9. The Balaban J connectivity index is 1.51. The van der Waals surface area contributed by atoms with Crippen LogP contribution in [0.3, 0.4) is 0 Å². The van der Waals surface area contributed by atoms with Crippen LogP contribution in [0.2, 0.25) is 0 Å². The summed E-state index contributed by atoms with van der Waals surface area (Å²) < 4.78 is 31.4. The van der Waals surface area contributed by atoms with Crippen molar-refractivity contribution in [3.8, 4) is 0 Å². The first kappa shape index (κ1) is 36.7. The maximum absolute atomic E-state index is 15.7. The molecule has 9 heteroatoms. The highest BCUT2D eigenvalue weighted by molar-refractivity contribution is 7.02. The SMILES string of the molecule is Cc1cc(C)c(B2c3ccc(F)cc3N(c3ccccc3)c3c2cc2c(c3B(O)O)N(c3ccccc3)c3cc(F)ccc3B2c2c(C)cc(C)cc2C)c(C)c1. The summed E-state index contributed by atoms with van der Waals surface area (Å²) in [5, 5.41) is 24.1. The van der Waals surface area contributed by atoms with E-state index in [0.29, 0.717) is 22.7 Å². The number of benzene rings is 7. The Morgan fingerprint density at radius 2 is 0.825 bits per heavy atom. The van der Waals surface area contributed by atoms with E-state index < -0.39 is 32.2 Å². The van der Waals surface area contributed by atoms with E-state index in [1.54, 1.807) is 12.1 Å². The Hall–Kier alpha value is -5.89. The Morgan fingerprint density at radius 3 is 1.18 bits per heavy atom. The van der Waals surface area contributed by atoms with Crippen LogP contribution in [0.1, 0.15) is 33.4 Å². The van der Waals surface area contributed by atoms with Gasteiger partial charge < -0.3 is 19.8 Å². The van der Waals surface area contributed by atoms with E-state index in [9.17, 15) is 10.0 Å². The van der Waals surface area contributed by atoms with Crippen molar-refractivity contribution in [3.05, 3.63) is 172 Å². The van der Waals surface area contributed by atoms with Gasteiger partial charge in [-0.05, 0) is 112 Å². The van der Waals surface area contributed by atoms with E-state index >= 15 is 8.78 Å². The zero-order chi connectivity index (χ0) is 39.9. The van der Waals surface area contributed by atoms with E-state index in [4.69, 9.17) is 0 Å². The summed E-state index contributed by atoms with van der Waals surface area (Å²) >= 11 is 0. The number of halogens is 2.